The van der Waals surface area contributed by atoms with Crippen molar-refractivity contribution in [2.45, 2.75) is 6.42 Å². The van der Waals surface area contributed by atoms with Crippen molar-refractivity contribution in [3.8, 4) is 5.75 Å². The first kappa shape index (κ1) is 16.7. The second-order valence-electron chi connectivity index (χ2n) is 7.56. The maximum atomic E-state index is 12.8. The van der Waals surface area contributed by atoms with E-state index in [1.807, 2.05) is 0 Å². The van der Waals surface area contributed by atoms with Gasteiger partial charge in [-0.05, 0) is 54.7 Å². The number of hydrogen-bond donors (Lipinski definition) is 2. The molecule has 0 radical (unpaired) electrons. The van der Waals surface area contributed by atoms with Crippen LogP contribution in [0.15, 0.2) is 60.7 Å². The van der Waals surface area contributed by atoms with Gasteiger partial charge in [-0.15, -0.1) is 0 Å². The number of benzene rings is 2. The SMILES string of the molecule is O=C(Nc1cccc(O)c1)c1ccc(N2C(=O)[C@@H]3[C@H](C2=O)[C@H]2C=C[C@@H]3C2)cc1. The lowest BCUT2D eigenvalue weighted by atomic mass is 9.85. The Labute approximate surface area is 161 Å². The van der Waals surface area contributed by atoms with Crippen LogP contribution in [0.5, 0.6) is 5.75 Å². The molecule has 6 nitrogen and oxygen atoms in total. The zero-order chi connectivity index (χ0) is 19.4. The lowest BCUT2D eigenvalue weighted by Gasteiger charge is -2.17. The highest BCUT2D eigenvalue weighted by Gasteiger charge is 2.59. The van der Waals surface area contributed by atoms with Crippen molar-refractivity contribution < 1.29 is 19.5 Å². The third kappa shape index (κ3) is 2.45. The number of hydrogen-bond acceptors (Lipinski definition) is 4. The first-order chi connectivity index (χ1) is 13.5. The van der Waals surface area contributed by atoms with Gasteiger partial charge in [0.15, 0.2) is 0 Å². The van der Waals surface area contributed by atoms with Crippen LogP contribution < -0.4 is 10.2 Å². The molecule has 6 heteroatoms. The average molecular weight is 374 g/mol. The van der Waals surface area contributed by atoms with Crippen LogP contribution in [0.2, 0.25) is 0 Å². The molecule has 2 aromatic carbocycles. The summed E-state index contributed by atoms with van der Waals surface area (Å²) in [4.78, 5) is 39.4. The maximum absolute atomic E-state index is 12.8. The summed E-state index contributed by atoms with van der Waals surface area (Å²) < 4.78 is 0. The topological polar surface area (TPSA) is 86.7 Å². The van der Waals surface area contributed by atoms with Crippen LogP contribution in [0.3, 0.4) is 0 Å². The van der Waals surface area contributed by atoms with Crippen LogP contribution in [-0.4, -0.2) is 22.8 Å². The molecule has 1 saturated heterocycles. The van der Waals surface area contributed by atoms with Crippen LogP contribution in [0.1, 0.15) is 16.8 Å². The molecule has 140 valence electrons. The number of aromatic hydroxyl groups is 1. The number of fused-ring (bicyclic) bond motifs is 5. The maximum Gasteiger partial charge on any atom is 0.255 e. The molecule has 0 spiro atoms. The molecule has 2 aromatic rings. The van der Waals surface area contributed by atoms with E-state index in [-0.39, 0.29) is 47.1 Å². The Morgan fingerprint density at radius 1 is 0.964 bits per heavy atom. The minimum Gasteiger partial charge on any atom is -0.508 e. The molecule has 28 heavy (non-hydrogen) atoms. The average Bonchev–Trinajstić information content (AvgIpc) is 3.36. The van der Waals surface area contributed by atoms with Crippen molar-refractivity contribution >= 4 is 29.1 Å². The van der Waals surface area contributed by atoms with E-state index in [1.54, 1.807) is 36.4 Å². The quantitative estimate of drug-likeness (QED) is 0.639. The number of carbonyl (C=O) groups excluding carboxylic acids is 3. The fourth-order valence-electron chi connectivity index (χ4n) is 4.71. The number of nitrogens with one attached hydrogen (secondary N) is 1. The molecule has 5 rings (SSSR count). The van der Waals surface area contributed by atoms with E-state index < -0.39 is 0 Å². The summed E-state index contributed by atoms with van der Waals surface area (Å²) in [5.41, 5.74) is 1.38. The molecule has 2 fully saturated rings. The van der Waals surface area contributed by atoms with Crippen molar-refractivity contribution in [2.75, 3.05) is 10.2 Å². The van der Waals surface area contributed by atoms with E-state index in [4.69, 9.17) is 0 Å². The summed E-state index contributed by atoms with van der Waals surface area (Å²) in [5.74, 6) is -0.684. The Bertz CT molecular complexity index is 997. The Kier molecular flexibility index (Phi) is 3.62. The van der Waals surface area contributed by atoms with Crippen LogP contribution in [0, 0.1) is 23.7 Å². The van der Waals surface area contributed by atoms with Crippen molar-refractivity contribution in [1.29, 1.82) is 0 Å². The number of nitrogens with zero attached hydrogens (tertiary/aromatic N) is 1. The molecule has 3 amide bonds. The minimum absolute atomic E-state index is 0.0632. The fraction of sp³-hybridized carbons (Fsp3) is 0.227. The van der Waals surface area contributed by atoms with Crippen molar-refractivity contribution in [3.63, 3.8) is 0 Å². The lowest BCUT2D eigenvalue weighted by Crippen LogP contribution is -2.32. The first-order valence-electron chi connectivity index (χ1n) is 9.29. The Balaban J connectivity index is 1.35. The van der Waals surface area contributed by atoms with Crippen molar-refractivity contribution in [3.05, 3.63) is 66.2 Å². The van der Waals surface area contributed by atoms with E-state index in [1.165, 1.54) is 17.0 Å². The van der Waals surface area contributed by atoms with Gasteiger partial charge in [0.2, 0.25) is 11.8 Å². The predicted molar refractivity (Wildman–Crippen MR) is 103 cm³/mol. The van der Waals surface area contributed by atoms with Crippen LogP contribution in [-0.2, 0) is 9.59 Å². The number of phenolic OH excluding ortho intramolecular Hbond substituents is 1. The molecule has 1 aliphatic heterocycles. The first-order valence-corrected chi connectivity index (χ1v) is 9.29. The third-order valence-corrected chi connectivity index (χ3v) is 5.96. The van der Waals surface area contributed by atoms with Gasteiger partial charge >= 0.3 is 0 Å². The minimum atomic E-state index is -0.338. The van der Waals surface area contributed by atoms with Gasteiger partial charge in [0.05, 0.1) is 17.5 Å². The predicted octanol–water partition coefficient (Wildman–Crippen LogP) is 2.96. The summed E-state index contributed by atoms with van der Waals surface area (Å²) in [6.45, 7) is 0. The summed E-state index contributed by atoms with van der Waals surface area (Å²) in [7, 11) is 0. The number of imide groups is 1. The third-order valence-electron chi connectivity index (χ3n) is 5.96. The second kappa shape index (κ2) is 6.05. The van der Waals surface area contributed by atoms with Crippen LogP contribution in [0.4, 0.5) is 11.4 Å². The zero-order valence-electron chi connectivity index (χ0n) is 14.9. The molecule has 2 N–H and O–H groups in total. The van der Waals surface area contributed by atoms with Gasteiger partial charge in [0.1, 0.15) is 5.75 Å². The van der Waals surface area contributed by atoms with Crippen molar-refractivity contribution in [2.24, 2.45) is 23.7 Å². The summed E-state index contributed by atoms with van der Waals surface area (Å²) >= 11 is 0. The van der Waals surface area contributed by atoms with Crippen LogP contribution in [0.25, 0.3) is 0 Å². The molecule has 2 aliphatic carbocycles. The number of anilines is 2. The number of allylic oxidation sites excluding steroid dienone is 2. The molecule has 1 heterocycles. The molecule has 4 atom stereocenters. The van der Waals surface area contributed by atoms with Gasteiger partial charge in [0, 0.05) is 17.3 Å². The summed E-state index contributed by atoms with van der Waals surface area (Å²) in [6, 6.07) is 12.7. The molecular formula is C22H18N2O4. The zero-order valence-corrected chi connectivity index (χ0v) is 14.9. The van der Waals surface area contributed by atoms with Gasteiger partial charge in [-0.1, -0.05) is 18.2 Å². The summed E-state index contributed by atoms with van der Waals surface area (Å²) in [5, 5.41) is 12.2. The van der Waals surface area contributed by atoms with E-state index in [0.29, 0.717) is 16.9 Å². The van der Waals surface area contributed by atoms with Gasteiger partial charge in [-0.3, -0.25) is 19.3 Å². The highest BCUT2D eigenvalue weighted by atomic mass is 16.3. The Hall–Kier alpha value is -3.41. The molecule has 1 saturated carbocycles. The summed E-state index contributed by atoms with van der Waals surface area (Å²) in [6.07, 6.45) is 5.03. The molecule has 3 aliphatic rings. The highest BCUT2D eigenvalue weighted by Crippen LogP contribution is 2.53. The normalized spacial score (nSPS) is 27.4. The van der Waals surface area contributed by atoms with Crippen molar-refractivity contribution in [1.82, 2.24) is 0 Å². The number of amides is 3. The number of rotatable bonds is 3. The lowest BCUT2D eigenvalue weighted by molar-refractivity contribution is -0.123. The smallest absolute Gasteiger partial charge is 0.255 e. The fourth-order valence-corrected chi connectivity index (χ4v) is 4.71. The Morgan fingerprint density at radius 2 is 1.61 bits per heavy atom. The van der Waals surface area contributed by atoms with E-state index >= 15 is 0 Å². The highest BCUT2D eigenvalue weighted by molar-refractivity contribution is 6.23. The number of carbonyl (C=O) groups is 3. The van der Waals surface area contributed by atoms with Crippen LogP contribution >= 0.6 is 0 Å². The van der Waals surface area contributed by atoms with E-state index in [0.717, 1.165) is 6.42 Å². The van der Waals surface area contributed by atoms with E-state index in [2.05, 4.69) is 17.5 Å². The number of phenols is 1. The van der Waals surface area contributed by atoms with Gasteiger partial charge < -0.3 is 10.4 Å². The molecule has 0 aromatic heterocycles. The van der Waals surface area contributed by atoms with E-state index in [9.17, 15) is 19.5 Å². The van der Waals surface area contributed by atoms with Gasteiger partial charge in [0.25, 0.3) is 5.91 Å². The monoisotopic (exact) mass is 374 g/mol. The second-order valence-corrected chi connectivity index (χ2v) is 7.56. The molecular weight excluding hydrogens is 356 g/mol. The van der Waals surface area contributed by atoms with Gasteiger partial charge in [-0.2, -0.15) is 0 Å². The molecule has 2 bridgehead atoms. The van der Waals surface area contributed by atoms with Gasteiger partial charge in [-0.25, -0.2) is 0 Å². The largest absolute Gasteiger partial charge is 0.508 e. The Morgan fingerprint density at radius 3 is 2.21 bits per heavy atom. The standard InChI is InChI=1S/C22H18N2O4/c25-17-3-1-2-15(11-17)23-20(26)12-6-8-16(9-7-12)24-21(27)18-13-4-5-14(10-13)19(18)22(24)28/h1-9,11,13-14,18-19,25H,10H2,(H,23,26)/t13-,14+,18+,19-. The molecule has 0 unspecified atom stereocenters.